The average Bonchev–Trinajstić information content (AvgIpc) is 3.28. The standard InChI is InChI=1S/C37H46O2Si2/c1-36-23-21-33-32-20-18-29(38-2)27-28(32)17-19-34(33)35(36)22-24-37(36,39-41(5,6)31-15-11-8-12-16-31)25-26-40(3,4)30-13-9-7-10-14-30/h7-16,18,20,27,33-35H,17,19,21-24H2,1-6H3/t33-,34-,35+,36+,37-/m1/s1. The van der Waals surface area contributed by atoms with Crippen molar-refractivity contribution in [2.45, 2.75) is 83.2 Å². The molecule has 0 spiro atoms. The molecule has 0 saturated heterocycles. The third-order valence-electron chi connectivity index (χ3n) is 11.0. The monoisotopic (exact) mass is 578 g/mol. The largest absolute Gasteiger partial charge is 0.497 e. The first kappa shape index (κ1) is 28.5. The van der Waals surface area contributed by atoms with Crippen molar-refractivity contribution in [2.75, 3.05) is 7.11 Å². The van der Waals surface area contributed by atoms with E-state index in [1.54, 1.807) is 12.7 Å². The molecular weight excluding hydrogens is 533 g/mol. The molecule has 0 amide bonds. The Labute approximate surface area is 250 Å². The van der Waals surface area contributed by atoms with Gasteiger partial charge in [-0.1, -0.05) is 92.7 Å². The molecule has 0 radical (unpaired) electrons. The van der Waals surface area contributed by atoms with Gasteiger partial charge in [0, 0.05) is 5.41 Å². The Morgan fingerprint density at radius 2 is 1.49 bits per heavy atom. The van der Waals surface area contributed by atoms with E-state index in [0.29, 0.717) is 17.8 Å². The number of benzene rings is 3. The van der Waals surface area contributed by atoms with Crippen LogP contribution in [0, 0.1) is 28.7 Å². The molecule has 2 fully saturated rings. The van der Waals surface area contributed by atoms with Gasteiger partial charge in [-0.2, -0.15) is 0 Å². The highest BCUT2D eigenvalue weighted by Gasteiger charge is 2.63. The van der Waals surface area contributed by atoms with E-state index in [0.717, 1.165) is 18.6 Å². The summed E-state index contributed by atoms with van der Waals surface area (Å²) in [6.07, 6.45) is 7.06. The van der Waals surface area contributed by atoms with Crippen LogP contribution in [0.5, 0.6) is 5.75 Å². The smallest absolute Gasteiger partial charge is 0.220 e. The van der Waals surface area contributed by atoms with Crippen molar-refractivity contribution < 1.29 is 9.16 Å². The van der Waals surface area contributed by atoms with Gasteiger partial charge in [-0.15, -0.1) is 5.54 Å². The summed E-state index contributed by atoms with van der Waals surface area (Å²) in [5.74, 6) is 7.00. The van der Waals surface area contributed by atoms with Gasteiger partial charge in [0.1, 0.15) is 11.4 Å². The molecule has 0 bridgehead atoms. The Balaban J connectivity index is 1.40. The zero-order chi connectivity index (χ0) is 28.9. The van der Waals surface area contributed by atoms with Crippen LogP contribution in [0.15, 0.2) is 78.9 Å². The minimum atomic E-state index is -2.23. The van der Waals surface area contributed by atoms with E-state index in [-0.39, 0.29) is 5.41 Å². The molecular formula is C37H46O2Si2. The lowest BCUT2D eigenvalue weighted by Crippen LogP contribution is -2.59. The first-order chi connectivity index (χ1) is 19.6. The zero-order valence-electron chi connectivity index (χ0n) is 25.8. The predicted molar refractivity (Wildman–Crippen MR) is 176 cm³/mol. The van der Waals surface area contributed by atoms with Crippen molar-refractivity contribution in [3.8, 4) is 17.2 Å². The fraction of sp³-hybridized carbons (Fsp3) is 0.459. The van der Waals surface area contributed by atoms with Crippen LogP contribution in [0.2, 0.25) is 26.2 Å². The minimum absolute atomic E-state index is 0.0470. The van der Waals surface area contributed by atoms with E-state index < -0.39 is 22.0 Å². The summed E-state index contributed by atoms with van der Waals surface area (Å²) in [6.45, 7) is 12.1. The summed E-state index contributed by atoms with van der Waals surface area (Å²) in [5.41, 5.74) is 6.68. The van der Waals surface area contributed by atoms with Crippen molar-refractivity contribution >= 4 is 26.8 Å². The van der Waals surface area contributed by atoms with Crippen LogP contribution in [0.3, 0.4) is 0 Å². The number of ether oxygens (including phenoxy) is 1. The quantitative estimate of drug-likeness (QED) is 0.230. The van der Waals surface area contributed by atoms with Gasteiger partial charge in [0.15, 0.2) is 8.07 Å². The highest BCUT2D eigenvalue weighted by molar-refractivity contribution is 6.96. The normalized spacial score (nSPS) is 29.0. The Bertz CT molecular complexity index is 1450. The Morgan fingerprint density at radius 1 is 0.805 bits per heavy atom. The third-order valence-corrected chi connectivity index (χ3v) is 16.1. The maximum atomic E-state index is 7.63. The summed E-state index contributed by atoms with van der Waals surface area (Å²) in [6, 6.07) is 28.8. The molecule has 3 aromatic carbocycles. The summed E-state index contributed by atoms with van der Waals surface area (Å²) in [5, 5.41) is 2.77. The number of hydrogen-bond acceptors (Lipinski definition) is 2. The summed E-state index contributed by atoms with van der Waals surface area (Å²) in [7, 11) is -2.42. The van der Waals surface area contributed by atoms with E-state index in [1.165, 1.54) is 41.6 Å². The number of fused-ring (bicyclic) bond motifs is 5. The lowest BCUT2D eigenvalue weighted by atomic mass is 9.53. The van der Waals surface area contributed by atoms with Gasteiger partial charge in [-0.3, -0.25) is 0 Å². The van der Waals surface area contributed by atoms with Gasteiger partial charge in [-0.05, 0) is 103 Å². The molecule has 6 rings (SSSR count). The van der Waals surface area contributed by atoms with Crippen molar-refractivity contribution in [3.05, 3.63) is 90.0 Å². The van der Waals surface area contributed by atoms with Gasteiger partial charge < -0.3 is 9.16 Å². The van der Waals surface area contributed by atoms with Gasteiger partial charge in [0.25, 0.3) is 0 Å². The van der Waals surface area contributed by atoms with E-state index in [1.807, 2.05) is 0 Å². The molecule has 0 unspecified atom stereocenters. The number of methoxy groups -OCH3 is 1. The average molecular weight is 579 g/mol. The lowest BCUT2D eigenvalue weighted by Gasteiger charge is -2.54. The van der Waals surface area contributed by atoms with Crippen LogP contribution in [0.25, 0.3) is 0 Å². The number of hydrogen-bond donors (Lipinski definition) is 0. The highest BCUT2D eigenvalue weighted by Crippen LogP contribution is 2.65. The molecule has 2 saturated carbocycles. The number of aryl methyl sites for hydroxylation is 1. The van der Waals surface area contributed by atoms with Gasteiger partial charge in [0.05, 0.1) is 7.11 Å². The van der Waals surface area contributed by atoms with Crippen LogP contribution in [-0.4, -0.2) is 29.1 Å². The Morgan fingerprint density at radius 3 is 2.17 bits per heavy atom. The molecule has 2 nitrogen and oxygen atoms in total. The maximum Gasteiger partial charge on any atom is 0.220 e. The molecule has 0 heterocycles. The van der Waals surface area contributed by atoms with E-state index in [2.05, 4.69) is 123 Å². The molecule has 3 aliphatic rings. The molecule has 3 aliphatic carbocycles. The fourth-order valence-corrected chi connectivity index (χ4v) is 12.7. The van der Waals surface area contributed by atoms with Crippen LogP contribution >= 0.6 is 0 Å². The van der Waals surface area contributed by atoms with Crippen molar-refractivity contribution in [1.29, 1.82) is 0 Å². The van der Waals surface area contributed by atoms with Crippen molar-refractivity contribution in [3.63, 3.8) is 0 Å². The maximum absolute atomic E-state index is 7.63. The van der Waals surface area contributed by atoms with E-state index in [9.17, 15) is 0 Å². The first-order valence-electron chi connectivity index (χ1n) is 15.6. The van der Waals surface area contributed by atoms with Crippen LogP contribution < -0.4 is 15.1 Å². The second kappa shape index (κ2) is 10.6. The summed E-state index contributed by atoms with van der Waals surface area (Å²) < 4.78 is 13.2. The van der Waals surface area contributed by atoms with Crippen LogP contribution in [0.4, 0.5) is 0 Å². The molecule has 4 heteroatoms. The van der Waals surface area contributed by atoms with E-state index in [4.69, 9.17) is 9.16 Å². The predicted octanol–water partition coefficient (Wildman–Crippen LogP) is 7.58. The second-order valence-corrected chi connectivity index (χ2v) is 21.9. The molecule has 0 aliphatic heterocycles. The molecule has 0 aromatic heterocycles. The highest BCUT2D eigenvalue weighted by atomic mass is 28.4. The molecule has 214 valence electrons. The Hall–Kier alpha value is -2.59. The van der Waals surface area contributed by atoms with E-state index >= 15 is 0 Å². The van der Waals surface area contributed by atoms with Crippen LogP contribution in [-0.2, 0) is 10.8 Å². The van der Waals surface area contributed by atoms with Crippen molar-refractivity contribution in [1.82, 2.24) is 0 Å². The molecule has 3 aromatic rings. The van der Waals surface area contributed by atoms with Gasteiger partial charge in [-0.25, -0.2) is 0 Å². The number of rotatable bonds is 5. The molecule has 0 N–H and O–H groups in total. The first-order valence-corrected chi connectivity index (χ1v) is 21.5. The topological polar surface area (TPSA) is 18.5 Å². The van der Waals surface area contributed by atoms with Crippen molar-refractivity contribution in [2.24, 2.45) is 17.3 Å². The molecule has 5 atom stereocenters. The summed E-state index contributed by atoms with van der Waals surface area (Å²) >= 11 is 0. The second-order valence-electron chi connectivity index (χ2n) is 14.0. The fourth-order valence-electron chi connectivity index (χ4n) is 8.60. The SMILES string of the molecule is COc1ccc2c(c1)CC[C@@H]1[C@@H]2CC[C@@]2(C)[C@H]1CC[C@]2(C#C[Si](C)(C)c1ccccc1)O[Si](C)(C)c1ccccc1. The molecule has 41 heavy (non-hydrogen) atoms. The lowest BCUT2D eigenvalue weighted by molar-refractivity contribution is -0.0529. The van der Waals surface area contributed by atoms with Gasteiger partial charge in [0.2, 0.25) is 8.32 Å². The zero-order valence-corrected chi connectivity index (χ0v) is 27.8. The minimum Gasteiger partial charge on any atom is -0.497 e. The third kappa shape index (κ3) is 4.94. The van der Waals surface area contributed by atoms with Crippen LogP contribution in [0.1, 0.15) is 56.1 Å². The Kier molecular flexibility index (Phi) is 7.38. The summed E-state index contributed by atoms with van der Waals surface area (Å²) in [4.78, 5) is 0. The van der Waals surface area contributed by atoms with Gasteiger partial charge >= 0.3 is 0 Å².